The third-order valence-electron chi connectivity index (χ3n) is 1.93. The summed E-state index contributed by atoms with van der Waals surface area (Å²) in [6, 6.07) is -0.328. The fraction of sp³-hybridized carbons (Fsp3) is 0.667. The summed E-state index contributed by atoms with van der Waals surface area (Å²) in [5.41, 5.74) is 0. The Morgan fingerprint density at radius 1 is 1.47 bits per heavy atom. The standard InChI is InChI=1S/C9H15NO5S2/c11-2-3-14-4-5-15-9(16)10-8-1-6-17(12,13)7-8/h1,6,8,11H,2-5,7H2,(H,10,16)/t8-/m0/s1. The molecule has 0 unspecified atom stereocenters. The Hall–Kier alpha value is -0.700. The van der Waals surface area contributed by atoms with Crippen LogP contribution in [0.3, 0.4) is 0 Å². The Kier molecular flexibility index (Phi) is 5.83. The lowest BCUT2D eigenvalue weighted by Crippen LogP contribution is -2.36. The Morgan fingerprint density at radius 3 is 2.82 bits per heavy atom. The van der Waals surface area contributed by atoms with Gasteiger partial charge in [-0.15, -0.1) is 0 Å². The van der Waals surface area contributed by atoms with Crippen LogP contribution in [0, 0.1) is 0 Å². The van der Waals surface area contributed by atoms with Gasteiger partial charge in [-0.2, -0.15) is 0 Å². The average Bonchev–Trinajstić information content (AvgIpc) is 2.57. The van der Waals surface area contributed by atoms with Crippen molar-refractivity contribution in [1.29, 1.82) is 0 Å². The molecule has 0 aromatic carbocycles. The van der Waals surface area contributed by atoms with E-state index in [0.29, 0.717) is 6.61 Å². The maximum Gasteiger partial charge on any atom is 0.257 e. The third kappa shape index (κ3) is 5.97. The third-order valence-corrected chi connectivity index (χ3v) is 3.56. The fourth-order valence-electron chi connectivity index (χ4n) is 1.22. The van der Waals surface area contributed by atoms with E-state index >= 15 is 0 Å². The summed E-state index contributed by atoms with van der Waals surface area (Å²) in [4.78, 5) is 0. The predicted octanol–water partition coefficient (Wildman–Crippen LogP) is -0.803. The zero-order valence-electron chi connectivity index (χ0n) is 9.16. The summed E-state index contributed by atoms with van der Waals surface area (Å²) in [5, 5.41) is 12.5. The maximum absolute atomic E-state index is 11.1. The lowest BCUT2D eigenvalue weighted by Gasteiger charge is -2.13. The number of sulfone groups is 1. The molecule has 1 rings (SSSR count). The van der Waals surface area contributed by atoms with Gasteiger partial charge >= 0.3 is 0 Å². The number of hydrogen-bond acceptors (Lipinski definition) is 6. The minimum absolute atomic E-state index is 0.00247. The number of hydrogen-bond donors (Lipinski definition) is 2. The first-order chi connectivity index (χ1) is 8.03. The van der Waals surface area contributed by atoms with Crippen molar-refractivity contribution in [2.24, 2.45) is 0 Å². The Labute approximate surface area is 106 Å². The van der Waals surface area contributed by atoms with Gasteiger partial charge in [0, 0.05) is 5.41 Å². The maximum atomic E-state index is 11.1. The van der Waals surface area contributed by atoms with Gasteiger partial charge in [0.1, 0.15) is 6.61 Å². The van der Waals surface area contributed by atoms with E-state index in [4.69, 9.17) is 26.8 Å². The molecule has 1 atom stereocenters. The predicted molar refractivity (Wildman–Crippen MR) is 66.3 cm³/mol. The number of ether oxygens (including phenoxy) is 2. The molecule has 0 radical (unpaired) electrons. The molecule has 0 saturated carbocycles. The number of thiocarbonyl (C=S) groups is 1. The molecule has 0 saturated heterocycles. The van der Waals surface area contributed by atoms with E-state index in [0.717, 1.165) is 5.41 Å². The van der Waals surface area contributed by atoms with Crippen LogP contribution in [0.5, 0.6) is 0 Å². The Morgan fingerprint density at radius 2 is 2.24 bits per heavy atom. The Balaban J connectivity index is 2.12. The summed E-state index contributed by atoms with van der Waals surface area (Å²) in [5.74, 6) is -0.00247. The molecular formula is C9H15NO5S2. The fourth-order valence-corrected chi connectivity index (χ4v) is 2.69. The first-order valence-corrected chi connectivity index (χ1v) is 7.19. The molecule has 0 aromatic rings. The van der Waals surface area contributed by atoms with E-state index in [1.165, 1.54) is 6.08 Å². The molecule has 8 heteroatoms. The van der Waals surface area contributed by atoms with E-state index in [1.807, 2.05) is 0 Å². The highest BCUT2D eigenvalue weighted by atomic mass is 32.2. The number of nitrogens with one attached hydrogen (secondary N) is 1. The minimum atomic E-state index is -3.08. The highest BCUT2D eigenvalue weighted by Crippen LogP contribution is 2.07. The van der Waals surface area contributed by atoms with Crippen molar-refractivity contribution in [3.63, 3.8) is 0 Å². The number of aliphatic hydroxyl groups excluding tert-OH is 1. The van der Waals surface area contributed by atoms with Gasteiger partial charge < -0.3 is 19.9 Å². The second-order valence-electron chi connectivity index (χ2n) is 3.38. The van der Waals surface area contributed by atoms with Crippen molar-refractivity contribution >= 4 is 27.2 Å². The monoisotopic (exact) mass is 281 g/mol. The van der Waals surface area contributed by atoms with Gasteiger partial charge in [-0.05, 0) is 18.3 Å². The van der Waals surface area contributed by atoms with Crippen LogP contribution in [-0.4, -0.2) is 56.9 Å². The van der Waals surface area contributed by atoms with Crippen molar-refractivity contribution in [3.05, 3.63) is 11.5 Å². The molecule has 0 spiro atoms. The van der Waals surface area contributed by atoms with Crippen molar-refractivity contribution in [3.8, 4) is 0 Å². The van der Waals surface area contributed by atoms with E-state index < -0.39 is 9.84 Å². The minimum Gasteiger partial charge on any atom is -0.469 e. The van der Waals surface area contributed by atoms with Crippen LogP contribution in [0.2, 0.25) is 0 Å². The first kappa shape index (κ1) is 14.4. The number of aliphatic hydroxyl groups is 1. The number of rotatable bonds is 6. The summed E-state index contributed by atoms with van der Waals surface area (Å²) in [6.07, 6.45) is 1.53. The van der Waals surface area contributed by atoms with E-state index in [-0.39, 0.29) is 36.8 Å². The van der Waals surface area contributed by atoms with Crippen molar-refractivity contribution < 1.29 is 23.0 Å². The topological polar surface area (TPSA) is 84.9 Å². The average molecular weight is 281 g/mol. The summed E-state index contributed by atoms with van der Waals surface area (Å²) < 4.78 is 32.3. The zero-order valence-corrected chi connectivity index (χ0v) is 10.8. The van der Waals surface area contributed by atoms with Crippen LogP contribution in [0.15, 0.2) is 11.5 Å². The molecule has 1 heterocycles. The highest BCUT2D eigenvalue weighted by Gasteiger charge is 2.22. The molecule has 98 valence electrons. The SMILES string of the molecule is O=S1(=O)C=C[C@H](NC(=S)OCCOCCO)C1. The summed E-state index contributed by atoms with van der Waals surface area (Å²) >= 11 is 4.88. The van der Waals surface area contributed by atoms with Crippen molar-refractivity contribution in [2.45, 2.75) is 6.04 Å². The quantitative estimate of drug-likeness (QED) is 0.487. The molecule has 0 aliphatic carbocycles. The van der Waals surface area contributed by atoms with Crippen LogP contribution in [0.1, 0.15) is 0 Å². The van der Waals surface area contributed by atoms with Gasteiger partial charge in [0.15, 0.2) is 9.84 Å². The molecule has 2 N–H and O–H groups in total. The van der Waals surface area contributed by atoms with E-state index in [2.05, 4.69) is 5.32 Å². The normalized spacial score (nSPS) is 21.4. The molecule has 0 amide bonds. The smallest absolute Gasteiger partial charge is 0.257 e. The van der Waals surface area contributed by atoms with Gasteiger partial charge in [0.2, 0.25) is 0 Å². The molecule has 1 aliphatic heterocycles. The van der Waals surface area contributed by atoms with Gasteiger partial charge in [0.25, 0.3) is 5.17 Å². The summed E-state index contributed by atoms with van der Waals surface area (Å²) in [6.45, 7) is 0.802. The van der Waals surface area contributed by atoms with Crippen LogP contribution in [0.25, 0.3) is 0 Å². The van der Waals surface area contributed by atoms with Crippen molar-refractivity contribution in [2.75, 3.05) is 32.2 Å². The van der Waals surface area contributed by atoms with E-state index in [9.17, 15) is 8.42 Å². The lowest BCUT2D eigenvalue weighted by molar-refractivity contribution is 0.0676. The van der Waals surface area contributed by atoms with E-state index in [1.54, 1.807) is 0 Å². The second-order valence-corrected chi connectivity index (χ2v) is 5.68. The van der Waals surface area contributed by atoms with Gasteiger partial charge in [-0.25, -0.2) is 8.42 Å². The largest absolute Gasteiger partial charge is 0.469 e. The highest BCUT2D eigenvalue weighted by molar-refractivity contribution is 7.94. The van der Waals surface area contributed by atoms with Crippen LogP contribution in [0.4, 0.5) is 0 Å². The van der Waals surface area contributed by atoms with Crippen LogP contribution >= 0.6 is 12.2 Å². The molecular weight excluding hydrogens is 266 g/mol. The molecule has 1 aliphatic rings. The first-order valence-electron chi connectivity index (χ1n) is 5.06. The van der Waals surface area contributed by atoms with Crippen LogP contribution in [-0.2, 0) is 19.3 Å². The Bertz CT molecular complexity index is 379. The zero-order chi connectivity index (χ0) is 12.7. The molecule has 0 aromatic heterocycles. The van der Waals surface area contributed by atoms with Gasteiger partial charge in [0.05, 0.1) is 31.6 Å². The van der Waals surface area contributed by atoms with Crippen molar-refractivity contribution in [1.82, 2.24) is 5.32 Å². The van der Waals surface area contributed by atoms with Crippen LogP contribution < -0.4 is 5.32 Å². The molecule has 0 bridgehead atoms. The second kappa shape index (κ2) is 6.90. The van der Waals surface area contributed by atoms with Gasteiger partial charge in [-0.1, -0.05) is 0 Å². The van der Waals surface area contributed by atoms with Gasteiger partial charge in [-0.3, -0.25) is 0 Å². The molecule has 17 heavy (non-hydrogen) atoms. The summed E-state index contributed by atoms with van der Waals surface area (Å²) in [7, 11) is -3.08. The molecule has 6 nitrogen and oxygen atoms in total. The molecule has 0 fully saturated rings. The lowest BCUT2D eigenvalue weighted by atomic mass is 10.3.